The molecule has 0 atom stereocenters. The van der Waals surface area contributed by atoms with Crippen LogP contribution >= 0.6 is 0 Å². The van der Waals surface area contributed by atoms with Crippen molar-refractivity contribution in [3.63, 3.8) is 0 Å². The molecule has 236 valence electrons. The molecule has 4 saturated carbocycles. The fraction of sp³-hybridized carbons (Fsp3) is 0.208. The SMILES string of the molecule is c1ccc2c(c1)-c1c(N(c3ccc(-c4ccc5ccccc5c4)cc3)c3ccc4ccccc4c3)cccc1C21C2CC3CC(C2)CC1C3. The van der Waals surface area contributed by atoms with E-state index in [0.717, 1.165) is 23.7 Å². The molecule has 0 heterocycles. The highest BCUT2D eigenvalue weighted by molar-refractivity contribution is 5.97. The number of nitrogens with zero attached hydrogens (tertiary/aromatic N) is 1. The van der Waals surface area contributed by atoms with E-state index in [1.165, 1.54) is 93.0 Å². The van der Waals surface area contributed by atoms with Crippen molar-refractivity contribution in [2.75, 3.05) is 4.90 Å². The van der Waals surface area contributed by atoms with Gasteiger partial charge < -0.3 is 4.90 Å². The second kappa shape index (κ2) is 10.4. The zero-order valence-corrected chi connectivity index (χ0v) is 27.7. The molecule has 0 unspecified atom stereocenters. The molecule has 7 aromatic rings. The summed E-state index contributed by atoms with van der Waals surface area (Å²) in [5.74, 6) is 3.36. The average Bonchev–Trinajstić information content (AvgIpc) is 3.45. The van der Waals surface area contributed by atoms with Crippen LogP contribution in [0.15, 0.2) is 152 Å². The van der Waals surface area contributed by atoms with Gasteiger partial charge >= 0.3 is 0 Å². The average molecular weight is 630 g/mol. The normalized spacial score (nSPS) is 24.4. The van der Waals surface area contributed by atoms with Crippen molar-refractivity contribution < 1.29 is 0 Å². The van der Waals surface area contributed by atoms with Gasteiger partial charge in [0.25, 0.3) is 0 Å². The number of anilines is 3. The summed E-state index contributed by atoms with van der Waals surface area (Å²) < 4.78 is 0. The smallest absolute Gasteiger partial charge is 0.0543 e. The lowest BCUT2D eigenvalue weighted by Gasteiger charge is -2.61. The molecule has 0 aromatic heterocycles. The Balaban J connectivity index is 1.11. The maximum Gasteiger partial charge on any atom is 0.0543 e. The molecule has 1 nitrogen and oxygen atoms in total. The van der Waals surface area contributed by atoms with E-state index in [2.05, 4.69) is 157 Å². The van der Waals surface area contributed by atoms with Crippen molar-refractivity contribution in [2.24, 2.45) is 23.7 Å². The Morgan fingerprint density at radius 1 is 0.429 bits per heavy atom. The van der Waals surface area contributed by atoms with Crippen LogP contribution in [-0.2, 0) is 5.41 Å². The lowest BCUT2D eigenvalue weighted by atomic mass is 9.43. The third-order valence-electron chi connectivity index (χ3n) is 13.0. The predicted octanol–water partition coefficient (Wildman–Crippen LogP) is 12.9. The molecule has 49 heavy (non-hydrogen) atoms. The molecule has 12 rings (SSSR count). The summed E-state index contributed by atoms with van der Waals surface area (Å²) in [6, 6.07) is 57.2. The predicted molar refractivity (Wildman–Crippen MR) is 205 cm³/mol. The summed E-state index contributed by atoms with van der Waals surface area (Å²) in [4.78, 5) is 2.54. The fourth-order valence-electron chi connectivity index (χ4n) is 11.3. The molecule has 1 heteroatoms. The number of fused-ring (bicyclic) bond motifs is 5. The molecule has 5 aliphatic rings. The van der Waals surface area contributed by atoms with E-state index in [-0.39, 0.29) is 5.41 Å². The van der Waals surface area contributed by atoms with Crippen molar-refractivity contribution in [1.29, 1.82) is 0 Å². The first-order valence-corrected chi connectivity index (χ1v) is 18.4. The maximum absolute atomic E-state index is 2.54. The molecule has 0 radical (unpaired) electrons. The van der Waals surface area contributed by atoms with Crippen molar-refractivity contribution in [3.8, 4) is 22.3 Å². The minimum Gasteiger partial charge on any atom is -0.310 e. The van der Waals surface area contributed by atoms with Gasteiger partial charge in [-0.15, -0.1) is 0 Å². The Labute approximate surface area is 288 Å². The molecule has 7 aromatic carbocycles. The highest BCUT2D eigenvalue weighted by atomic mass is 15.1. The Hall–Kier alpha value is -5.14. The molecule has 0 aliphatic heterocycles. The summed E-state index contributed by atoms with van der Waals surface area (Å²) in [7, 11) is 0. The Bertz CT molecular complexity index is 2390. The van der Waals surface area contributed by atoms with Crippen LogP contribution in [0.5, 0.6) is 0 Å². The summed E-state index contributed by atoms with van der Waals surface area (Å²) >= 11 is 0. The monoisotopic (exact) mass is 629 g/mol. The summed E-state index contributed by atoms with van der Waals surface area (Å²) in [5, 5.41) is 5.09. The molecule has 4 fully saturated rings. The van der Waals surface area contributed by atoms with Gasteiger partial charge in [-0.05, 0) is 142 Å². The number of hydrogen-bond donors (Lipinski definition) is 0. The van der Waals surface area contributed by atoms with Gasteiger partial charge in [0.15, 0.2) is 0 Å². The molecule has 0 amide bonds. The molecule has 4 bridgehead atoms. The lowest BCUT2D eigenvalue weighted by molar-refractivity contribution is -0.0399. The topological polar surface area (TPSA) is 3.24 Å². The van der Waals surface area contributed by atoms with Crippen molar-refractivity contribution in [3.05, 3.63) is 163 Å². The summed E-state index contributed by atoms with van der Waals surface area (Å²) in [6.45, 7) is 0. The minimum atomic E-state index is 0.143. The van der Waals surface area contributed by atoms with Gasteiger partial charge in [0.05, 0.1) is 5.69 Å². The summed E-state index contributed by atoms with van der Waals surface area (Å²) in [6.07, 6.45) is 7.07. The zero-order chi connectivity index (χ0) is 32.1. The van der Waals surface area contributed by atoms with Gasteiger partial charge in [-0.1, -0.05) is 115 Å². The first-order valence-electron chi connectivity index (χ1n) is 18.4. The first kappa shape index (κ1) is 27.8. The largest absolute Gasteiger partial charge is 0.310 e. The van der Waals surface area contributed by atoms with E-state index in [9.17, 15) is 0 Å². The van der Waals surface area contributed by atoms with Crippen LogP contribution in [0.1, 0.15) is 43.2 Å². The van der Waals surface area contributed by atoms with E-state index < -0.39 is 0 Å². The molecule has 0 N–H and O–H groups in total. The molecule has 1 spiro atoms. The van der Waals surface area contributed by atoms with E-state index in [1.807, 2.05) is 0 Å². The Morgan fingerprint density at radius 2 is 1.00 bits per heavy atom. The highest BCUT2D eigenvalue weighted by Crippen LogP contribution is 2.70. The fourth-order valence-corrected chi connectivity index (χ4v) is 11.3. The van der Waals surface area contributed by atoms with Crippen LogP contribution < -0.4 is 4.90 Å². The van der Waals surface area contributed by atoms with Gasteiger partial charge in [-0.2, -0.15) is 0 Å². The number of hydrogen-bond acceptors (Lipinski definition) is 1. The minimum absolute atomic E-state index is 0.143. The van der Waals surface area contributed by atoms with Crippen molar-refractivity contribution in [2.45, 2.75) is 37.5 Å². The van der Waals surface area contributed by atoms with E-state index >= 15 is 0 Å². The van der Waals surface area contributed by atoms with Crippen LogP contribution in [0.25, 0.3) is 43.8 Å². The Morgan fingerprint density at radius 3 is 1.73 bits per heavy atom. The molecule has 0 saturated heterocycles. The molecular formula is C48H39N. The van der Waals surface area contributed by atoms with Crippen LogP contribution in [0.3, 0.4) is 0 Å². The van der Waals surface area contributed by atoms with Crippen molar-refractivity contribution in [1.82, 2.24) is 0 Å². The molecule has 5 aliphatic carbocycles. The van der Waals surface area contributed by atoms with E-state index in [0.29, 0.717) is 0 Å². The third-order valence-corrected chi connectivity index (χ3v) is 13.0. The van der Waals surface area contributed by atoms with E-state index in [1.54, 1.807) is 11.1 Å². The van der Waals surface area contributed by atoms with Crippen LogP contribution in [0, 0.1) is 23.7 Å². The van der Waals surface area contributed by atoms with Crippen LogP contribution in [0.2, 0.25) is 0 Å². The second-order valence-corrected chi connectivity index (χ2v) is 15.4. The standard InChI is InChI=1S/C48H39N/c1-3-10-36-29-38(17-16-33(36)8-1)35-18-21-41(22-19-35)49(42-23-20-34-9-2-4-11-37(34)30-42)46-15-7-14-45-47(46)43-12-5-6-13-44(43)48(45)39-25-31-24-32(27-39)28-40(48)26-31/h1-23,29-32,39-40H,24-28H2. The zero-order valence-electron chi connectivity index (χ0n) is 27.7. The van der Waals surface area contributed by atoms with Gasteiger partial charge in [0.2, 0.25) is 0 Å². The maximum atomic E-state index is 2.54. The van der Waals surface area contributed by atoms with Gasteiger partial charge in [-0.25, -0.2) is 0 Å². The Kier molecular flexibility index (Phi) is 5.91. The van der Waals surface area contributed by atoms with Crippen molar-refractivity contribution >= 4 is 38.6 Å². The lowest BCUT2D eigenvalue weighted by Crippen LogP contribution is -2.55. The number of benzene rings is 7. The summed E-state index contributed by atoms with van der Waals surface area (Å²) in [5.41, 5.74) is 12.4. The number of rotatable bonds is 4. The van der Waals surface area contributed by atoms with Gasteiger partial charge in [0, 0.05) is 22.4 Å². The first-order chi connectivity index (χ1) is 24.2. The second-order valence-electron chi connectivity index (χ2n) is 15.4. The van der Waals surface area contributed by atoms with Crippen LogP contribution in [0.4, 0.5) is 17.1 Å². The highest BCUT2D eigenvalue weighted by Gasteiger charge is 2.61. The van der Waals surface area contributed by atoms with Gasteiger partial charge in [0.1, 0.15) is 0 Å². The van der Waals surface area contributed by atoms with Crippen LogP contribution in [-0.4, -0.2) is 0 Å². The molecular weight excluding hydrogens is 591 g/mol. The van der Waals surface area contributed by atoms with Gasteiger partial charge in [-0.3, -0.25) is 0 Å². The van der Waals surface area contributed by atoms with E-state index in [4.69, 9.17) is 0 Å². The quantitative estimate of drug-likeness (QED) is 0.187. The third kappa shape index (κ3) is 3.99.